The lowest BCUT2D eigenvalue weighted by Crippen LogP contribution is -2.21. The highest BCUT2D eigenvalue weighted by Gasteiger charge is 2.25. The Balaban J connectivity index is 2.76. The summed E-state index contributed by atoms with van der Waals surface area (Å²) in [6.45, 7) is 1.38. The molecule has 0 aliphatic carbocycles. The Bertz CT molecular complexity index is 447. The predicted octanol–water partition coefficient (Wildman–Crippen LogP) is 2.79. The van der Waals surface area contributed by atoms with Crippen LogP contribution in [0.1, 0.15) is 25.0 Å². The van der Waals surface area contributed by atoms with Crippen LogP contribution in [0.25, 0.3) is 0 Å². The van der Waals surface area contributed by atoms with Gasteiger partial charge in [-0.15, -0.1) is 0 Å². The van der Waals surface area contributed by atoms with Crippen LogP contribution >= 0.6 is 27.7 Å². The number of benzene rings is 1. The number of carbonyl (C=O) groups is 1. The molecule has 0 bridgehead atoms. The third-order valence-electron chi connectivity index (χ3n) is 2.42. The van der Waals surface area contributed by atoms with Crippen LogP contribution in [-0.4, -0.2) is 27.2 Å². The van der Waals surface area contributed by atoms with Gasteiger partial charge in [0.05, 0.1) is 11.7 Å². The molecule has 3 nitrogen and oxygen atoms in total. The molecule has 0 spiro atoms. The molecule has 1 rings (SSSR count). The van der Waals surface area contributed by atoms with E-state index in [0.29, 0.717) is 0 Å². The molecule has 0 aliphatic rings. The van der Waals surface area contributed by atoms with E-state index in [-0.39, 0.29) is 21.8 Å². The van der Waals surface area contributed by atoms with E-state index >= 15 is 0 Å². The lowest BCUT2D eigenvalue weighted by atomic mass is 10.0. The first-order chi connectivity index (χ1) is 8.82. The number of aliphatic hydroxyl groups is 2. The second kappa shape index (κ2) is 7.33. The van der Waals surface area contributed by atoms with E-state index < -0.39 is 29.4 Å². The molecule has 7 heteroatoms. The molecule has 1 aromatic carbocycles. The molecular weight excluding hydrogens is 342 g/mol. The molecule has 0 radical (unpaired) electrons. The van der Waals surface area contributed by atoms with Crippen molar-refractivity contribution in [3.05, 3.63) is 33.8 Å². The van der Waals surface area contributed by atoms with Gasteiger partial charge in [-0.1, -0.05) is 27.7 Å². The van der Waals surface area contributed by atoms with Crippen LogP contribution in [0.5, 0.6) is 0 Å². The summed E-state index contributed by atoms with van der Waals surface area (Å²) in [7, 11) is 0. The zero-order valence-electron chi connectivity index (χ0n) is 10.1. The molecule has 19 heavy (non-hydrogen) atoms. The maximum absolute atomic E-state index is 13.6. The van der Waals surface area contributed by atoms with Crippen LogP contribution in [0.4, 0.5) is 8.78 Å². The normalized spacial score (nSPS) is 14.2. The van der Waals surface area contributed by atoms with Gasteiger partial charge in [0.1, 0.15) is 17.7 Å². The topological polar surface area (TPSA) is 57.5 Å². The van der Waals surface area contributed by atoms with Gasteiger partial charge in [0, 0.05) is 17.1 Å². The number of halogens is 3. The number of aliphatic hydroxyl groups excluding tert-OH is 2. The molecule has 0 saturated heterocycles. The van der Waals surface area contributed by atoms with E-state index in [4.69, 9.17) is 0 Å². The van der Waals surface area contributed by atoms with E-state index in [0.717, 1.165) is 23.9 Å². The van der Waals surface area contributed by atoms with Crippen LogP contribution < -0.4 is 0 Å². The fraction of sp³-hybridized carbons (Fsp3) is 0.417. The monoisotopic (exact) mass is 354 g/mol. The van der Waals surface area contributed by atoms with Crippen molar-refractivity contribution in [3.63, 3.8) is 0 Å². The van der Waals surface area contributed by atoms with Gasteiger partial charge in [0.15, 0.2) is 5.12 Å². The Hall–Kier alpha value is -0.500. The molecular formula is C12H13BrF2O3S. The zero-order chi connectivity index (χ0) is 14.6. The van der Waals surface area contributed by atoms with E-state index in [1.165, 1.54) is 6.92 Å². The minimum Gasteiger partial charge on any atom is -0.390 e. The summed E-state index contributed by atoms with van der Waals surface area (Å²) in [5, 5.41) is 19.3. The first kappa shape index (κ1) is 16.6. The molecule has 106 valence electrons. The number of thioether (sulfide) groups is 1. The summed E-state index contributed by atoms with van der Waals surface area (Å²) in [5.74, 6) is -1.59. The number of hydrogen-bond donors (Lipinski definition) is 2. The van der Waals surface area contributed by atoms with Crippen molar-refractivity contribution >= 4 is 32.8 Å². The maximum Gasteiger partial charge on any atom is 0.185 e. The second-order valence-electron chi connectivity index (χ2n) is 3.92. The number of hydrogen-bond acceptors (Lipinski definition) is 4. The fourth-order valence-corrected chi connectivity index (χ4v) is 2.56. The SMILES string of the molecule is CC(=O)SCCC(O)C(O)c1c(F)cc(Br)cc1F. The summed E-state index contributed by atoms with van der Waals surface area (Å²) in [5.41, 5.74) is -0.566. The largest absolute Gasteiger partial charge is 0.390 e. The molecule has 2 atom stereocenters. The standard InChI is InChI=1S/C12H13BrF2O3S/c1-6(16)19-3-2-10(17)12(18)11-8(14)4-7(13)5-9(11)15/h4-5,10,12,17-18H,2-3H2,1H3. The Labute approximate surface area is 122 Å². The average molecular weight is 355 g/mol. The highest BCUT2D eigenvalue weighted by Crippen LogP contribution is 2.28. The van der Waals surface area contributed by atoms with Crippen LogP contribution in [0.2, 0.25) is 0 Å². The predicted molar refractivity (Wildman–Crippen MR) is 72.8 cm³/mol. The lowest BCUT2D eigenvalue weighted by molar-refractivity contribution is -0.109. The van der Waals surface area contributed by atoms with Gasteiger partial charge in [-0.05, 0) is 18.6 Å². The minimum absolute atomic E-state index is 0.0559. The molecule has 0 aliphatic heterocycles. The van der Waals surface area contributed by atoms with Crippen LogP contribution in [0.15, 0.2) is 16.6 Å². The summed E-state index contributed by atoms with van der Waals surface area (Å²) < 4.78 is 27.4. The molecule has 1 aromatic rings. The van der Waals surface area contributed by atoms with Crippen molar-refractivity contribution in [3.8, 4) is 0 Å². The molecule has 0 amide bonds. The fourth-order valence-electron chi connectivity index (χ4n) is 1.51. The van der Waals surface area contributed by atoms with Gasteiger partial charge in [-0.3, -0.25) is 4.79 Å². The third-order valence-corrected chi connectivity index (χ3v) is 3.73. The highest BCUT2D eigenvalue weighted by atomic mass is 79.9. The van der Waals surface area contributed by atoms with E-state index in [1.54, 1.807) is 0 Å². The van der Waals surface area contributed by atoms with Gasteiger partial charge >= 0.3 is 0 Å². The zero-order valence-corrected chi connectivity index (χ0v) is 12.5. The minimum atomic E-state index is -1.67. The van der Waals surface area contributed by atoms with Crippen molar-refractivity contribution in [1.82, 2.24) is 0 Å². The number of carbonyl (C=O) groups excluding carboxylic acids is 1. The summed E-state index contributed by atoms with van der Waals surface area (Å²) in [6.07, 6.45) is -2.95. The Morgan fingerprint density at radius 2 is 1.89 bits per heavy atom. The van der Waals surface area contributed by atoms with Crippen molar-refractivity contribution in [2.75, 3.05) is 5.75 Å². The number of rotatable bonds is 5. The quantitative estimate of drug-likeness (QED) is 0.853. The Kier molecular flexibility index (Phi) is 6.38. The third kappa shape index (κ3) is 4.83. The van der Waals surface area contributed by atoms with Crippen molar-refractivity contribution in [1.29, 1.82) is 0 Å². The molecule has 0 fully saturated rings. The van der Waals surface area contributed by atoms with Gasteiger partial charge in [0.25, 0.3) is 0 Å². The maximum atomic E-state index is 13.6. The smallest absolute Gasteiger partial charge is 0.185 e. The average Bonchev–Trinajstić information content (AvgIpc) is 2.26. The van der Waals surface area contributed by atoms with Crippen LogP contribution in [0.3, 0.4) is 0 Å². The van der Waals surface area contributed by atoms with Gasteiger partial charge in [-0.25, -0.2) is 8.78 Å². The Morgan fingerprint density at radius 1 is 1.37 bits per heavy atom. The van der Waals surface area contributed by atoms with Gasteiger partial charge < -0.3 is 10.2 Å². The lowest BCUT2D eigenvalue weighted by Gasteiger charge is -2.19. The van der Waals surface area contributed by atoms with Crippen molar-refractivity contribution < 1.29 is 23.8 Å². The van der Waals surface area contributed by atoms with E-state index in [1.807, 2.05) is 0 Å². The van der Waals surface area contributed by atoms with Crippen LogP contribution in [-0.2, 0) is 4.79 Å². The van der Waals surface area contributed by atoms with E-state index in [9.17, 15) is 23.8 Å². The Morgan fingerprint density at radius 3 is 2.37 bits per heavy atom. The second-order valence-corrected chi connectivity index (χ2v) is 6.11. The van der Waals surface area contributed by atoms with E-state index in [2.05, 4.69) is 15.9 Å². The summed E-state index contributed by atoms with van der Waals surface area (Å²) in [6, 6.07) is 2.03. The first-order valence-electron chi connectivity index (χ1n) is 5.47. The molecule has 2 unspecified atom stereocenters. The first-order valence-corrected chi connectivity index (χ1v) is 7.24. The van der Waals surface area contributed by atoms with Gasteiger partial charge in [-0.2, -0.15) is 0 Å². The molecule has 2 N–H and O–H groups in total. The molecule has 0 aromatic heterocycles. The molecule has 0 saturated carbocycles. The van der Waals surface area contributed by atoms with Crippen molar-refractivity contribution in [2.24, 2.45) is 0 Å². The summed E-state index contributed by atoms with van der Waals surface area (Å²) in [4.78, 5) is 10.7. The molecule has 0 heterocycles. The summed E-state index contributed by atoms with van der Waals surface area (Å²) >= 11 is 3.90. The highest BCUT2D eigenvalue weighted by molar-refractivity contribution is 9.10. The van der Waals surface area contributed by atoms with Gasteiger partial charge in [0.2, 0.25) is 0 Å². The van der Waals surface area contributed by atoms with Crippen LogP contribution in [0, 0.1) is 11.6 Å². The van der Waals surface area contributed by atoms with Crippen molar-refractivity contribution in [2.45, 2.75) is 25.6 Å².